The van der Waals surface area contributed by atoms with E-state index in [1.165, 1.54) is 11.3 Å². The first-order valence-corrected chi connectivity index (χ1v) is 8.88. The largest absolute Gasteiger partial charge is 0.326 e. The average molecular weight is 325 g/mol. The highest BCUT2D eigenvalue weighted by atomic mass is 32.2. The summed E-state index contributed by atoms with van der Waals surface area (Å²) in [6.07, 6.45) is 1.30. The van der Waals surface area contributed by atoms with Crippen LogP contribution in [0.25, 0.3) is 0 Å². The molecule has 0 aliphatic rings. The van der Waals surface area contributed by atoms with Crippen LogP contribution in [0.15, 0.2) is 29.6 Å². The van der Waals surface area contributed by atoms with Crippen LogP contribution in [0, 0.1) is 6.92 Å². The maximum atomic E-state index is 11.8. The molecule has 6 nitrogen and oxygen atoms in total. The van der Waals surface area contributed by atoms with Gasteiger partial charge in [0.2, 0.25) is 15.9 Å². The van der Waals surface area contributed by atoms with Gasteiger partial charge in [-0.05, 0) is 31.2 Å². The van der Waals surface area contributed by atoms with E-state index in [1.54, 1.807) is 24.3 Å². The number of thiazole rings is 1. The first-order valence-electron chi connectivity index (χ1n) is 6.10. The lowest BCUT2D eigenvalue weighted by Crippen LogP contribution is -2.14. The SMILES string of the molecule is Cc1nc(CC(=O)Nc2ccc(NS(C)(=O)=O)cc2)cs1. The molecule has 8 heteroatoms. The molecule has 1 heterocycles. The van der Waals surface area contributed by atoms with Crippen LogP contribution in [0.3, 0.4) is 0 Å². The Kier molecular flexibility index (Phi) is 4.59. The molecule has 0 spiro atoms. The maximum Gasteiger partial charge on any atom is 0.230 e. The minimum Gasteiger partial charge on any atom is -0.326 e. The van der Waals surface area contributed by atoms with Crippen LogP contribution in [0.2, 0.25) is 0 Å². The van der Waals surface area contributed by atoms with Crippen molar-refractivity contribution in [1.29, 1.82) is 0 Å². The van der Waals surface area contributed by atoms with Crippen molar-refractivity contribution in [3.05, 3.63) is 40.3 Å². The molecular weight excluding hydrogens is 310 g/mol. The van der Waals surface area contributed by atoms with Crippen molar-refractivity contribution in [2.75, 3.05) is 16.3 Å². The number of aromatic nitrogens is 1. The molecule has 0 atom stereocenters. The Morgan fingerprint density at radius 1 is 1.24 bits per heavy atom. The molecule has 1 aromatic carbocycles. The molecule has 0 saturated carbocycles. The third-order valence-corrected chi connectivity index (χ3v) is 3.91. The van der Waals surface area contributed by atoms with Gasteiger partial charge in [-0.15, -0.1) is 11.3 Å². The molecule has 0 aliphatic carbocycles. The van der Waals surface area contributed by atoms with Crippen LogP contribution in [0.4, 0.5) is 11.4 Å². The fourth-order valence-electron chi connectivity index (χ4n) is 1.69. The molecule has 0 unspecified atom stereocenters. The number of sulfonamides is 1. The van der Waals surface area contributed by atoms with Gasteiger partial charge in [0.05, 0.1) is 23.4 Å². The number of nitrogens with zero attached hydrogens (tertiary/aromatic N) is 1. The second-order valence-corrected chi connectivity index (χ2v) is 7.35. The Bertz CT molecular complexity index is 736. The summed E-state index contributed by atoms with van der Waals surface area (Å²) >= 11 is 1.50. The van der Waals surface area contributed by atoms with E-state index < -0.39 is 10.0 Å². The molecule has 112 valence electrons. The van der Waals surface area contributed by atoms with E-state index in [0.717, 1.165) is 17.0 Å². The smallest absolute Gasteiger partial charge is 0.230 e. The molecular formula is C13H15N3O3S2. The van der Waals surface area contributed by atoms with Gasteiger partial charge in [0.1, 0.15) is 0 Å². The molecule has 0 radical (unpaired) electrons. The number of hydrogen-bond acceptors (Lipinski definition) is 5. The van der Waals surface area contributed by atoms with Gasteiger partial charge in [-0.25, -0.2) is 13.4 Å². The van der Waals surface area contributed by atoms with Crippen molar-refractivity contribution in [2.45, 2.75) is 13.3 Å². The lowest BCUT2D eigenvalue weighted by molar-refractivity contribution is -0.115. The summed E-state index contributed by atoms with van der Waals surface area (Å²) in [5.74, 6) is -0.163. The normalized spacial score (nSPS) is 11.1. The summed E-state index contributed by atoms with van der Waals surface area (Å²) in [7, 11) is -3.30. The summed E-state index contributed by atoms with van der Waals surface area (Å²) in [4.78, 5) is 16.1. The Balaban J connectivity index is 1.95. The van der Waals surface area contributed by atoms with E-state index in [0.29, 0.717) is 11.4 Å². The number of benzene rings is 1. The molecule has 0 aliphatic heterocycles. The Morgan fingerprint density at radius 2 is 1.86 bits per heavy atom. The maximum absolute atomic E-state index is 11.8. The first kappa shape index (κ1) is 15.5. The zero-order valence-electron chi connectivity index (χ0n) is 11.6. The number of carbonyl (C=O) groups excluding carboxylic acids is 1. The molecule has 1 aromatic heterocycles. The van der Waals surface area contributed by atoms with Crippen molar-refractivity contribution in [3.8, 4) is 0 Å². The van der Waals surface area contributed by atoms with Gasteiger partial charge in [0, 0.05) is 16.8 Å². The fourth-order valence-corrected chi connectivity index (χ4v) is 2.87. The summed E-state index contributed by atoms with van der Waals surface area (Å²) in [6, 6.07) is 6.45. The third kappa shape index (κ3) is 5.16. The van der Waals surface area contributed by atoms with Crippen molar-refractivity contribution in [2.24, 2.45) is 0 Å². The van der Waals surface area contributed by atoms with Crippen molar-refractivity contribution >= 4 is 38.6 Å². The highest BCUT2D eigenvalue weighted by molar-refractivity contribution is 7.92. The summed E-state index contributed by atoms with van der Waals surface area (Å²) in [6.45, 7) is 1.89. The Hall–Kier alpha value is -1.93. The summed E-state index contributed by atoms with van der Waals surface area (Å²) in [5.41, 5.74) is 1.79. The van der Waals surface area contributed by atoms with E-state index in [-0.39, 0.29) is 12.3 Å². The summed E-state index contributed by atoms with van der Waals surface area (Å²) < 4.78 is 24.5. The minimum absolute atomic E-state index is 0.163. The van der Waals surface area contributed by atoms with Crippen molar-refractivity contribution < 1.29 is 13.2 Å². The molecule has 1 amide bonds. The van der Waals surface area contributed by atoms with E-state index in [9.17, 15) is 13.2 Å². The van der Waals surface area contributed by atoms with Gasteiger partial charge in [-0.3, -0.25) is 9.52 Å². The lowest BCUT2D eigenvalue weighted by Gasteiger charge is -2.07. The zero-order chi connectivity index (χ0) is 15.5. The van der Waals surface area contributed by atoms with E-state index in [4.69, 9.17) is 0 Å². The topological polar surface area (TPSA) is 88.2 Å². The van der Waals surface area contributed by atoms with Gasteiger partial charge in [-0.2, -0.15) is 0 Å². The number of carbonyl (C=O) groups is 1. The number of rotatable bonds is 5. The zero-order valence-corrected chi connectivity index (χ0v) is 13.2. The van der Waals surface area contributed by atoms with Crippen LogP contribution in [0.1, 0.15) is 10.7 Å². The monoisotopic (exact) mass is 325 g/mol. The van der Waals surface area contributed by atoms with Crippen LogP contribution in [-0.4, -0.2) is 25.6 Å². The van der Waals surface area contributed by atoms with E-state index in [2.05, 4.69) is 15.0 Å². The first-order chi connectivity index (χ1) is 9.82. The van der Waals surface area contributed by atoms with Crippen LogP contribution < -0.4 is 10.0 Å². The fraction of sp³-hybridized carbons (Fsp3) is 0.231. The average Bonchev–Trinajstić information content (AvgIpc) is 2.75. The molecule has 0 bridgehead atoms. The second kappa shape index (κ2) is 6.23. The van der Waals surface area contributed by atoms with Gasteiger partial charge >= 0.3 is 0 Å². The number of amides is 1. The number of hydrogen-bond donors (Lipinski definition) is 2. The lowest BCUT2D eigenvalue weighted by atomic mass is 10.2. The molecule has 2 N–H and O–H groups in total. The van der Waals surface area contributed by atoms with Gasteiger partial charge < -0.3 is 5.32 Å². The van der Waals surface area contributed by atoms with Gasteiger partial charge in [-0.1, -0.05) is 0 Å². The third-order valence-electron chi connectivity index (χ3n) is 2.48. The number of anilines is 2. The van der Waals surface area contributed by atoms with Crippen molar-refractivity contribution in [1.82, 2.24) is 4.98 Å². The highest BCUT2D eigenvalue weighted by Gasteiger charge is 2.07. The molecule has 0 saturated heterocycles. The Labute approximate surface area is 127 Å². The van der Waals surface area contributed by atoms with Gasteiger partial charge in [0.15, 0.2) is 0 Å². The van der Waals surface area contributed by atoms with Crippen LogP contribution in [-0.2, 0) is 21.2 Å². The standard InChI is InChI=1S/C13H15N3O3S2/c1-9-14-12(8-20-9)7-13(17)15-10-3-5-11(6-4-10)16-21(2,18)19/h3-6,8,16H,7H2,1-2H3,(H,15,17). The van der Waals surface area contributed by atoms with Crippen LogP contribution >= 0.6 is 11.3 Å². The van der Waals surface area contributed by atoms with Crippen LogP contribution in [0.5, 0.6) is 0 Å². The molecule has 2 rings (SSSR count). The van der Waals surface area contributed by atoms with E-state index >= 15 is 0 Å². The summed E-state index contributed by atoms with van der Waals surface area (Å²) in [5, 5.41) is 5.52. The minimum atomic E-state index is -3.30. The predicted octanol–water partition coefficient (Wildman–Crippen LogP) is 2.00. The molecule has 2 aromatic rings. The molecule has 0 fully saturated rings. The molecule has 21 heavy (non-hydrogen) atoms. The Morgan fingerprint density at radius 3 is 2.38 bits per heavy atom. The second-order valence-electron chi connectivity index (χ2n) is 4.53. The van der Waals surface area contributed by atoms with Crippen molar-refractivity contribution in [3.63, 3.8) is 0 Å². The number of nitrogens with one attached hydrogen (secondary N) is 2. The quantitative estimate of drug-likeness (QED) is 0.880. The van der Waals surface area contributed by atoms with E-state index in [1.807, 2.05) is 12.3 Å². The number of aryl methyl sites for hydroxylation is 1. The van der Waals surface area contributed by atoms with Gasteiger partial charge in [0.25, 0.3) is 0 Å². The predicted molar refractivity (Wildman–Crippen MR) is 84.1 cm³/mol. The highest BCUT2D eigenvalue weighted by Crippen LogP contribution is 2.15.